The predicted octanol–water partition coefficient (Wildman–Crippen LogP) is 16.6. The standard InChI is InChI=1S/C57H41NOS/c1-2-35-33-49(37-19-7-4-8-20-37)58-48(27-13-11-21-38(35)36-17-5-3-6-18-36)42-32-31-41(39-22-9-10-23-40(39)42)46-34-47-43-24-12-14-30-52(43)60-57(47)56-45-26-16-29-51-55(45)54-44(53(46)56)25-15-28-50(54)59-51/h3-10,12,14-26,28-35H,2,11,13,27H2,1H3/b38-21+,49-33-,58-48?. The minimum atomic E-state index is 0.241. The Hall–Kier alpha value is -6.81. The van der Waals surface area contributed by atoms with Gasteiger partial charge in [0.05, 0.1) is 5.70 Å². The molecule has 286 valence electrons. The highest BCUT2D eigenvalue weighted by Gasteiger charge is 2.24. The van der Waals surface area contributed by atoms with Gasteiger partial charge in [0, 0.05) is 53.5 Å². The van der Waals surface area contributed by atoms with Gasteiger partial charge in [0.2, 0.25) is 0 Å². The number of hydrogen-bond donors (Lipinski definition) is 0. The van der Waals surface area contributed by atoms with Crippen molar-refractivity contribution in [3.63, 3.8) is 0 Å². The summed E-state index contributed by atoms with van der Waals surface area (Å²) in [5.41, 5.74) is 11.6. The van der Waals surface area contributed by atoms with E-state index < -0.39 is 0 Å². The summed E-state index contributed by atoms with van der Waals surface area (Å²) in [6.07, 6.45) is 8.80. The molecule has 2 aromatic heterocycles. The second-order valence-electron chi connectivity index (χ2n) is 16.2. The van der Waals surface area contributed by atoms with Gasteiger partial charge in [-0.15, -0.1) is 11.3 Å². The molecular weight excluding hydrogens is 747 g/mol. The lowest BCUT2D eigenvalue weighted by Gasteiger charge is -2.21. The van der Waals surface area contributed by atoms with E-state index in [1.807, 2.05) is 11.3 Å². The molecule has 12 rings (SSSR count). The average Bonchev–Trinajstić information content (AvgIpc) is 3.89. The van der Waals surface area contributed by atoms with Gasteiger partial charge in [0.25, 0.3) is 0 Å². The van der Waals surface area contributed by atoms with Crippen LogP contribution in [-0.4, -0.2) is 5.71 Å². The van der Waals surface area contributed by atoms with E-state index in [0.717, 1.165) is 53.8 Å². The molecule has 0 bridgehead atoms. The zero-order valence-electron chi connectivity index (χ0n) is 33.4. The van der Waals surface area contributed by atoms with Gasteiger partial charge in [-0.3, -0.25) is 4.99 Å². The van der Waals surface area contributed by atoms with Gasteiger partial charge in [-0.05, 0) is 105 Å². The first-order chi connectivity index (χ1) is 29.7. The molecule has 1 aliphatic rings. The maximum absolute atomic E-state index is 6.56. The highest BCUT2D eigenvalue weighted by molar-refractivity contribution is 7.26. The van der Waals surface area contributed by atoms with Crippen LogP contribution in [0.5, 0.6) is 0 Å². The van der Waals surface area contributed by atoms with Crippen LogP contribution in [0, 0.1) is 5.92 Å². The fourth-order valence-corrected chi connectivity index (χ4v) is 11.4. The van der Waals surface area contributed by atoms with Crippen LogP contribution in [0.1, 0.15) is 49.3 Å². The van der Waals surface area contributed by atoms with Gasteiger partial charge in [0.15, 0.2) is 0 Å². The second kappa shape index (κ2) is 14.2. The van der Waals surface area contributed by atoms with E-state index in [0.29, 0.717) is 0 Å². The zero-order valence-corrected chi connectivity index (χ0v) is 34.2. The van der Waals surface area contributed by atoms with E-state index in [9.17, 15) is 0 Å². The maximum atomic E-state index is 6.56. The molecule has 2 nitrogen and oxygen atoms in total. The fourth-order valence-electron chi connectivity index (χ4n) is 10.1. The van der Waals surface area contributed by atoms with E-state index in [-0.39, 0.29) is 5.92 Å². The van der Waals surface area contributed by atoms with Crippen LogP contribution in [0.15, 0.2) is 185 Å². The van der Waals surface area contributed by atoms with Crippen LogP contribution < -0.4 is 0 Å². The molecule has 0 saturated heterocycles. The molecule has 1 unspecified atom stereocenters. The molecule has 1 aliphatic heterocycles. The Kier molecular flexibility index (Phi) is 8.31. The fraction of sp³-hybridized carbons (Fsp3) is 0.105. The highest BCUT2D eigenvalue weighted by Crippen LogP contribution is 2.51. The van der Waals surface area contributed by atoms with Crippen molar-refractivity contribution >= 4 is 103 Å². The van der Waals surface area contributed by atoms with E-state index in [2.05, 4.69) is 183 Å². The molecule has 0 N–H and O–H groups in total. The van der Waals surface area contributed by atoms with E-state index in [1.54, 1.807) is 0 Å². The third-order valence-electron chi connectivity index (χ3n) is 12.9. The zero-order chi connectivity index (χ0) is 39.7. The monoisotopic (exact) mass is 787 g/mol. The van der Waals surface area contributed by atoms with Crippen LogP contribution in [0.3, 0.4) is 0 Å². The van der Waals surface area contributed by atoms with Crippen molar-refractivity contribution in [3.05, 3.63) is 193 Å². The lowest BCUT2D eigenvalue weighted by molar-refractivity contribution is 0.669. The van der Waals surface area contributed by atoms with Gasteiger partial charge in [-0.25, -0.2) is 0 Å². The van der Waals surface area contributed by atoms with Crippen LogP contribution in [0.2, 0.25) is 0 Å². The van der Waals surface area contributed by atoms with Crippen molar-refractivity contribution in [1.82, 2.24) is 0 Å². The molecule has 0 spiro atoms. The summed E-state index contributed by atoms with van der Waals surface area (Å²) < 4.78 is 9.20. The second-order valence-corrected chi connectivity index (χ2v) is 17.3. The number of fused-ring (bicyclic) bond motifs is 8. The molecule has 3 heterocycles. The molecule has 9 aromatic carbocycles. The summed E-state index contributed by atoms with van der Waals surface area (Å²) in [6.45, 7) is 2.30. The number of benzene rings is 9. The average molecular weight is 788 g/mol. The van der Waals surface area contributed by atoms with E-state index in [4.69, 9.17) is 9.41 Å². The Morgan fingerprint density at radius 2 is 1.17 bits per heavy atom. The van der Waals surface area contributed by atoms with Gasteiger partial charge < -0.3 is 4.42 Å². The van der Waals surface area contributed by atoms with Crippen LogP contribution in [0.25, 0.3) is 96.8 Å². The Morgan fingerprint density at radius 1 is 0.550 bits per heavy atom. The lowest BCUT2D eigenvalue weighted by Crippen LogP contribution is -2.07. The SMILES string of the molecule is CCC1/C=C(/c2ccccc2)N=C(c2ccc(-c3cc4c5ccccc5sc4c4c5cccc6oc7cccc(c34)c7c65)c3ccccc23)CCC/C=C\1c1ccccc1. The molecule has 11 aromatic rings. The molecule has 60 heavy (non-hydrogen) atoms. The Morgan fingerprint density at radius 3 is 1.90 bits per heavy atom. The molecule has 0 radical (unpaired) electrons. The van der Waals surface area contributed by atoms with Crippen molar-refractivity contribution in [2.75, 3.05) is 0 Å². The topological polar surface area (TPSA) is 25.5 Å². The van der Waals surface area contributed by atoms with Crippen molar-refractivity contribution in [1.29, 1.82) is 0 Å². The summed E-state index contributed by atoms with van der Waals surface area (Å²) in [5.74, 6) is 0.241. The van der Waals surface area contributed by atoms with E-state index in [1.165, 1.54) is 91.1 Å². The number of furan rings is 1. The smallest absolute Gasteiger partial charge is 0.136 e. The maximum Gasteiger partial charge on any atom is 0.136 e. The number of hydrogen-bond acceptors (Lipinski definition) is 3. The number of rotatable bonds is 5. The Labute approximate surface area is 352 Å². The third kappa shape index (κ3) is 5.49. The van der Waals surface area contributed by atoms with Crippen molar-refractivity contribution in [2.45, 2.75) is 32.6 Å². The largest absolute Gasteiger partial charge is 0.456 e. The first-order valence-corrected chi connectivity index (χ1v) is 22.1. The first-order valence-electron chi connectivity index (χ1n) is 21.3. The predicted molar refractivity (Wildman–Crippen MR) is 259 cm³/mol. The molecule has 0 aliphatic carbocycles. The Bertz CT molecular complexity index is 3550. The number of aliphatic imine (C=N–C) groups is 1. The van der Waals surface area contributed by atoms with Gasteiger partial charge >= 0.3 is 0 Å². The minimum Gasteiger partial charge on any atom is -0.456 e. The first kappa shape index (κ1) is 35.2. The quantitative estimate of drug-likeness (QED) is 0.160. The van der Waals surface area contributed by atoms with Crippen LogP contribution in [-0.2, 0) is 0 Å². The number of allylic oxidation sites excluding steroid dienone is 3. The van der Waals surface area contributed by atoms with Gasteiger partial charge in [-0.2, -0.15) is 0 Å². The molecular formula is C57H41NOS. The molecule has 0 amide bonds. The summed E-state index contributed by atoms with van der Waals surface area (Å²) >= 11 is 1.91. The molecule has 1 atom stereocenters. The lowest BCUT2D eigenvalue weighted by atomic mass is 9.85. The molecule has 3 heteroatoms. The van der Waals surface area contributed by atoms with Crippen LogP contribution in [0.4, 0.5) is 0 Å². The van der Waals surface area contributed by atoms with Crippen molar-refractivity contribution < 1.29 is 4.42 Å². The van der Waals surface area contributed by atoms with Crippen molar-refractivity contribution in [2.24, 2.45) is 10.9 Å². The van der Waals surface area contributed by atoms with Crippen molar-refractivity contribution in [3.8, 4) is 11.1 Å². The van der Waals surface area contributed by atoms with Gasteiger partial charge in [-0.1, -0.05) is 159 Å². The third-order valence-corrected chi connectivity index (χ3v) is 14.1. The summed E-state index contributed by atoms with van der Waals surface area (Å²) in [7, 11) is 0. The molecule has 0 saturated carbocycles. The summed E-state index contributed by atoms with van der Waals surface area (Å²) in [5, 5.41) is 12.6. The normalized spacial score (nSPS) is 17.1. The Balaban J connectivity index is 1.12. The summed E-state index contributed by atoms with van der Waals surface area (Å²) in [4.78, 5) is 5.70. The number of nitrogens with zero attached hydrogens (tertiary/aromatic N) is 1. The summed E-state index contributed by atoms with van der Waals surface area (Å²) in [6, 6.07) is 60.0. The van der Waals surface area contributed by atoms with E-state index >= 15 is 0 Å². The minimum absolute atomic E-state index is 0.241. The highest BCUT2D eigenvalue weighted by atomic mass is 32.1. The molecule has 0 fully saturated rings. The van der Waals surface area contributed by atoms with Gasteiger partial charge in [0.1, 0.15) is 11.2 Å². The van der Waals surface area contributed by atoms with Crippen LogP contribution >= 0.6 is 11.3 Å². The number of thiophene rings is 1.